The number of rotatable bonds is 5. The first-order valence-corrected chi connectivity index (χ1v) is 6.98. The maximum Gasteiger partial charge on any atom is 0.0300 e. The van der Waals surface area contributed by atoms with Crippen molar-refractivity contribution in [2.45, 2.75) is 51.5 Å². The van der Waals surface area contributed by atoms with Gasteiger partial charge in [-0.05, 0) is 50.3 Å². The first-order chi connectivity index (χ1) is 8.36. The fourth-order valence-electron chi connectivity index (χ4n) is 2.79. The van der Waals surface area contributed by atoms with Gasteiger partial charge in [-0.2, -0.15) is 0 Å². The predicted octanol–water partition coefficient (Wildman–Crippen LogP) is 3.18. The van der Waals surface area contributed by atoms with Gasteiger partial charge in [0, 0.05) is 18.4 Å². The van der Waals surface area contributed by atoms with Gasteiger partial charge in [0.1, 0.15) is 0 Å². The van der Waals surface area contributed by atoms with E-state index < -0.39 is 0 Å². The standard InChI is InChI=1S/C15H24N2/c1-13(15-7-3-2-4-8-15)17-11-9-14-6-5-10-16-12-14/h5-6,10,12-13,15,17H,2-4,7-9,11H2,1H3/t13-/m0/s1. The van der Waals surface area contributed by atoms with Crippen molar-refractivity contribution in [2.75, 3.05) is 6.54 Å². The topological polar surface area (TPSA) is 24.9 Å². The van der Waals surface area contributed by atoms with Crippen molar-refractivity contribution >= 4 is 0 Å². The van der Waals surface area contributed by atoms with Gasteiger partial charge in [-0.1, -0.05) is 25.3 Å². The molecule has 0 radical (unpaired) electrons. The molecule has 0 saturated heterocycles. The van der Waals surface area contributed by atoms with E-state index in [1.54, 1.807) is 0 Å². The Morgan fingerprint density at radius 1 is 1.35 bits per heavy atom. The minimum atomic E-state index is 0.673. The van der Waals surface area contributed by atoms with Crippen molar-refractivity contribution in [1.82, 2.24) is 10.3 Å². The fourth-order valence-corrected chi connectivity index (χ4v) is 2.79. The van der Waals surface area contributed by atoms with Crippen LogP contribution in [0.25, 0.3) is 0 Å². The Kier molecular flexibility index (Phi) is 4.99. The largest absolute Gasteiger partial charge is 0.314 e. The van der Waals surface area contributed by atoms with Crippen LogP contribution in [-0.4, -0.2) is 17.6 Å². The van der Waals surface area contributed by atoms with Crippen LogP contribution in [0.3, 0.4) is 0 Å². The Morgan fingerprint density at radius 3 is 2.88 bits per heavy atom. The zero-order valence-corrected chi connectivity index (χ0v) is 10.9. The molecule has 1 aliphatic carbocycles. The van der Waals surface area contributed by atoms with Crippen LogP contribution in [0.4, 0.5) is 0 Å². The number of aromatic nitrogens is 1. The molecule has 1 aromatic heterocycles. The van der Waals surface area contributed by atoms with E-state index in [1.807, 2.05) is 18.5 Å². The van der Waals surface area contributed by atoms with E-state index in [9.17, 15) is 0 Å². The zero-order chi connectivity index (χ0) is 11.9. The van der Waals surface area contributed by atoms with Gasteiger partial charge < -0.3 is 5.32 Å². The summed E-state index contributed by atoms with van der Waals surface area (Å²) in [6, 6.07) is 4.84. The maximum atomic E-state index is 4.14. The molecule has 1 heterocycles. The summed E-state index contributed by atoms with van der Waals surface area (Å²) in [4.78, 5) is 4.14. The highest BCUT2D eigenvalue weighted by molar-refractivity contribution is 5.08. The highest BCUT2D eigenvalue weighted by Crippen LogP contribution is 2.26. The van der Waals surface area contributed by atoms with E-state index >= 15 is 0 Å². The smallest absolute Gasteiger partial charge is 0.0300 e. The van der Waals surface area contributed by atoms with Crippen LogP contribution in [0, 0.1) is 5.92 Å². The Balaban J connectivity index is 1.67. The normalized spacial score (nSPS) is 19.1. The van der Waals surface area contributed by atoms with E-state index in [1.165, 1.54) is 37.7 Å². The minimum absolute atomic E-state index is 0.673. The Morgan fingerprint density at radius 2 is 2.18 bits per heavy atom. The molecule has 0 unspecified atom stereocenters. The molecule has 1 fully saturated rings. The first-order valence-electron chi connectivity index (χ1n) is 6.98. The molecule has 0 aliphatic heterocycles. The third kappa shape index (κ3) is 4.12. The average molecular weight is 232 g/mol. The molecule has 94 valence electrons. The highest BCUT2D eigenvalue weighted by Gasteiger charge is 2.19. The summed E-state index contributed by atoms with van der Waals surface area (Å²) in [6.45, 7) is 3.42. The summed E-state index contributed by atoms with van der Waals surface area (Å²) < 4.78 is 0. The average Bonchev–Trinajstić information content (AvgIpc) is 2.41. The van der Waals surface area contributed by atoms with Crippen LogP contribution in [-0.2, 0) is 6.42 Å². The second-order valence-corrected chi connectivity index (χ2v) is 5.25. The van der Waals surface area contributed by atoms with Crippen molar-refractivity contribution < 1.29 is 0 Å². The summed E-state index contributed by atoms with van der Waals surface area (Å²) >= 11 is 0. The van der Waals surface area contributed by atoms with Crippen LogP contribution in [0.15, 0.2) is 24.5 Å². The Bertz CT molecular complexity index is 304. The van der Waals surface area contributed by atoms with Gasteiger partial charge in [-0.15, -0.1) is 0 Å². The molecule has 0 bridgehead atoms. The van der Waals surface area contributed by atoms with Crippen molar-refractivity contribution in [3.8, 4) is 0 Å². The highest BCUT2D eigenvalue weighted by atomic mass is 14.9. The van der Waals surface area contributed by atoms with Crippen LogP contribution >= 0.6 is 0 Å². The molecule has 1 aliphatic rings. The second-order valence-electron chi connectivity index (χ2n) is 5.25. The van der Waals surface area contributed by atoms with E-state index in [-0.39, 0.29) is 0 Å². The van der Waals surface area contributed by atoms with E-state index in [0.29, 0.717) is 6.04 Å². The molecule has 2 rings (SSSR count). The van der Waals surface area contributed by atoms with Gasteiger partial charge in [0.15, 0.2) is 0 Å². The van der Waals surface area contributed by atoms with Gasteiger partial charge >= 0.3 is 0 Å². The van der Waals surface area contributed by atoms with Crippen LogP contribution in [0.1, 0.15) is 44.6 Å². The summed E-state index contributed by atoms with van der Waals surface area (Å²) in [5, 5.41) is 3.67. The summed E-state index contributed by atoms with van der Waals surface area (Å²) in [5.41, 5.74) is 1.33. The summed E-state index contributed by atoms with van der Waals surface area (Å²) in [5.74, 6) is 0.901. The number of hydrogen-bond acceptors (Lipinski definition) is 2. The van der Waals surface area contributed by atoms with E-state index in [2.05, 4.69) is 23.3 Å². The number of hydrogen-bond donors (Lipinski definition) is 1. The number of nitrogens with one attached hydrogen (secondary N) is 1. The lowest BCUT2D eigenvalue weighted by Gasteiger charge is -2.28. The minimum Gasteiger partial charge on any atom is -0.314 e. The molecule has 1 saturated carbocycles. The van der Waals surface area contributed by atoms with Crippen molar-refractivity contribution in [3.63, 3.8) is 0 Å². The fraction of sp³-hybridized carbons (Fsp3) is 0.667. The van der Waals surface area contributed by atoms with Gasteiger partial charge in [0.2, 0.25) is 0 Å². The summed E-state index contributed by atoms with van der Waals surface area (Å²) in [7, 11) is 0. The monoisotopic (exact) mass is 232 g/mol. The second kappa shape index (κ2) is 6.75. The third-order valence-electron chi connectivity index (χ3n) is 3.96. The third-order valence-corrected chi connectivity index (χ3v) is 3.96. The summed E-state index contributed by atoms with van der Waals surface area (Å²) in [6.07, 6.45) is 12.0. The lowest BCUT2D eigenvalue weighted by Crippen LogP contribution is -2.35. The molecule has 1 aromatic rings. The molecular weight excluding hydrogens is 208 g/mol. The Labute approximate surface area is 105 Å². The van der Waals surface area contributed by atoms with Gasteiger partial charge in [0.05, 0.1) is 0 Å². The first kappa shape index (κ1) is 12.6. The van der Waals surface area contributed by atoms with Gasteiger partial charge in [-0.3, -0.25) is 4.98 Å². The SMILES string of the molecule is C[C@H](NCCc1cccnc1)C1CCCCC1. The van der Waals surface area contributed by atoms with Crippen LogP contribution in [0.2, 0.25) is 0 Å². The lowest BCUT2D eigenvalue weighted by atomic mass is 9.84. The molecule has 2 heteroatoms. The molecule has 17 heavy (non-hydrogen) atoms. The van der Waals surface area contributed by atoms with E-state index in [0.717, 1.165) is 18.9 Å². The van der Waals surface area contributed by atoms with Gasteiger partial charge in [-0.25, -0.2) is 0 Å². The van der Waals surface area contributed by atoms with Crippen LogP contribution in [0.5, 0.6) is 0 Å². The molecule has 0 aromatic carbocycles. The molecule has 2 nitrogen and oxygen atoms in total. The lowest BCUT2D eigenvalue weighted by molar-refractivity contribution is 0.283. The molecule has 1 N–H and O–H groups in total. The van der Waals surface area contributed by atoms with Crippen molar-refractivity contribution in [3.05, 3.63) is 30.1 Å². The van der Waals surface area contributed by atoms with Crippen molar-refractivity contribution in [1.29, 1.82) is 0 Å². The molecule has 0 spiro atoms. The number of pyridine rings is 1. The molecular formula is C15H24N2. The van der Waals surface area contributed by atoms with Crippen molar-refractivity contribution in [2.24, 2.45) is 5.92 Å². The number of nitrogens with zero attached hydrogens (tertiary/aromatic N) is 1. The quantitative estimate of drug-likeness (QED) is 0.843. The van der Waals surface area contributed by atoms with Gasteiger partial charge in [0.25, 0.3) is 0 Å². The van der Waals surface area contributed by atoms with Crippen LogP contribution < -0.4 is 5.32 Å². The predicted molar refractivity (Wildman–Crippen MR) is 72.0 cm³/mol. The molecule has 0 amide bonds. The maximum absolute atomic E-state index is 4.14. The zero-order valence-electron chi connectivity index (χ0n) is 10.9. The Hall–Kier alpha value is -0.890. The van der Waals surface area contributed by atoms with E-state index in [4.69, 9.17) is 0 Å². The molecule has 1 atom stereocenters.